The summed E-state index contributed by atoms with van der Waals surface area (Å²) >= 11 is 0. The van der Waals surface area contributed by atoms with Gasteiger partial charge in [-0.1, -0.05) is 56.5 Å². The number of aromatic nitrogens is 1. The first-order valence-corrected chi connectivity index (χ1v) is 9.21. The van der Waals surface area contributed by atoms with Crippen LogP contribution in [0.25, 0.3) is 10.9 Å². The van der Waals surface area contributed by atoms with E-state index in [9.17, 15) is 18.0 Å². The summed E-state index contributed by atoms with van der Waals surface area (Å²) in [7, 11) is 0. The summed E-state index contributed by atoms with van der Waals surface area (Å²) in [6.45, 7) is 2.98. The molecule has 0 bridgehead atoms. The standard InChI is InChI=1S/C22H22F3NO/c1-2-3-4-7-14-26-15-19(18-8-5-6-9-20(18)26)21(27)16-10-12-17(13-11-16)22(23,24)25/h5-6,8-13,15H,2-4,7,14H2,1H3. The van der Waals surface area contributed by atoms with Gasteiger partial charge in [0.1, 0.15) is 0 Å². The second-order valence-corrected chi connectivity index (χ2v) is 6.72. The molecule has 2 aromatic carbocycles. The zero-order valence-corrected chi connectivity index (χ0v) is 15.2. The number of benzene rings is 2. The molecule has 0 aliphatic rings. The van der Waals surface area contributed by atoms with E-state index < -0.39 is 11.7 Å². The van der Waals surface area contributed by atoms with Crippen molar-refractivity contribution in [3.63, 3.8) is 0 Å². The summed E-state index contributed by atoms with van der Waals surface area (Å²) in [5.41, 5.74) is 1.01. The number of para-hydroxylation sites is 1. The molecule has 1 aromatic heterocycles. The zero-order chi connectivity index (χ0) is 19.4. The Kier molecular flexibility index (Phi) is 5.68. The molecule has 5 heteroatoms. The van der Waals surface area contributed by atoms with Crippen LogP contribution in [0.1, 0.15) is 54.1 Å². The van der Waals surface area contributed by atoms with Crippen LogP contribution in [-0.2, 0) is 12.7 Å². The summed E-state index contributed by atoms with van der Waals surface area (Å²) in [4.78, 5) is 12.9. The molecule has 142 valence electrons. The van der Waals surface area contributed by atoms with E-state index in [0.717, 1.165) is 48.8 Å². The Morgan fingerprint density at radius 3 is 2.33 bits per heavy atom. The molecule has 0 saturated carbocycles. The lowest BCUT2D eigenvalue weighted by Crippen LogP contribution is -2.06. The molecule has 3 aromatic rings. The van der Waals surface area contributed by atoms with E-state index in [-0.39, 0.29) is 11.3 Å². The van der Waals surface area contributed by atoms with Gasteiger partial charge >= 0.3 is 6.18 Å². The van der Waals surface area contributed by atoms with E-state index in [2.05, 4.69) is 11.5 Å². The molecule has 0 spiro atoms. The molecule has 0 aliphatic carbocycles. The normalized spacial score (nSPS) is 11.9. The number of aryl methyl sites for hydroxylation is 1. The largest absolute Gasteiger partial charge is 0.416 e. The summed E-state index contributed by atoms with van der Waals surface area (Å²) in [6, 6.07) is 12.1. The molecule has 0 N–H and O–H groups in total. The summed E-state index contributed by atoms with van der Waals surface area (Å²) in [6.07, 6.45) is 1.92. The highest BCUT2D eigenvalue weighted by Gasteiger charge is 2.30. The zero-order valence-electron chi connectivity index (χ0n) is 15.2. The van der Waals surface area contributed by atoms with Crippen molar-refractivity contribution in [2.24, 2.45) is 0 Å². The number of hydrogen-bond donors (Lipinski definition) is 0. The molecule has 0 saturated heterocycles. The van der Waals surface area contributed by atoms with Crippen LogP contribution in [0.4, 0.5) is 13.2 Å². The van der Waals surface area contributed by atoms with Crippen molar-refractivity contribution in [3.8, 4) is 0 Å². The van der Waals surface area contributed by atoms with Crippen LogP contribution < -0.4 is 0 Å². The summed E-state index contributed by atoms with van der Waals surface area (Å²) < 4.78 is 40.3. The molecule has 0 radical (unpaired) electrons. The highest BCUT2D eigenvalue weighted by Crippen LogP contribution is 2.30. The fourth-order valence-electron chi connectivity index (χ4n) is 3.29. The third-order valence-electron chi connectivity index (χ3n) is 4.76. The van der Waals surface area contributed by atoms with Crippen molar-refractivity contribution in [2.75, 3.05) is 0 Å². The fourth-order valence-corrected chi connectivity index (χ4v) is 3.29. The van der Waals surface area contributed by atoms with Gasteiger partial charge in [0.05, 0.1) is 5.56 Å². The van der Waals surface area contributed by atoms with E-state index in [0.29, 0.717) is 5.56 Å². The average molecular weight is 373 g/mol. The van der Waals surface area contributed by atoms with Crippen LogP contribution in [0.5, 0.6) is 0 Å². The second kappa shape index (κ2) is 7.99. The SMILES string of the molecule is CCCCCCn1cc(C(=O)c2ccc(C(F)(F)F)cc2)c2ccccc21. The van der Waals surface area contributed by atoms with E-state index in [4.69, 9.17) is 0 Å². The maximum Gasteiger partial charge on any atom is 0.416 e. The number of carbonyl (C=O) groups excluding carboxylic acids is 1. The Morgan fingerprint density at radius 1 is 0.963 bits per heavy atom. The molecular formula is C22H22F3NO. The predicted molar refractivity (Wildman–Crippen MR) is 101 cm³/mol. The van der Waals surface area contributed by atoms with Crippen molar-refractivity contribution in [1.82, 2.24) is 4.57 Å². The Morgan fingerprint density at radius 2 is 1.67 bits per heavy atom. The van der Waals surface area contributed by atoms with Crippen LogP contribution in [-0.4, -0.2) is 10.4 Å². The molecule has 0 atom stereocenters. The Labute approximate surface area is 156 Å². The van der Waals surface area contributed by atoms with E-state index >= 15 is 0 Å². The lowest BCUT2D eigenvalue weighted by Gasteiger charge is -2.07. The van der Waals surface area contributed by atoms with Gasteiger partial charge in [0, 0.05) is 34.8 Å². The monoisotopic (exact) mass is 373 g/mol. The van der Waals surface area contributed by atoms with E-state index in [1.165, 1.54) is 18.6 Å². The molecule has 0 unspecified atom stereocenters. The lowest BCUT2D eigenvalue weighted by atomic mass is 10.0. The third-order valence-corrected chi connectivity index (χ3v) is 4.76. The Hall–Kier alpha value is -2.56. The molecule has 1 heterocycles. The van der Waals surface area contributed by atoms with Gasteiger partial charge in [-0.3, -0.25) is 4.79 Å². The number of fused-ring (bicyclic) bond motifs is 1. The highest BCUT2D eigenvalue weighted by atomic mass is 19.4. The van der Waals surface area contributed by atoms with Gasteiger partial charge in [0.15, 0.2) is 5.78 Å². The highest BCUT2D eigenvalue weighted by molar-refractivity contribution is 6.16. The van der Waals surface area contributed by atoms with Gasteiger partial charge in [-0.15, -0.1) is 0 Å². The van der Waals surface area contributed by atoms with Crippen LogP contribution in [0.3, 0.4) is 0 Å². The predicted octanol–water partition coefficient (Wildman–Crippen LogP) is 6.47. The molecule has 27 heavy (non-hydrogen) atoms. The first-order valence-electron chi connectivity index (χ1n) is 9.21. The third kappa shape index (κ3) is 4.24. The fraction of sp³-hybridized carbons (Fsp3) is 0.318. The molecule has 2 nitrogen and oxygen atoms in total. The van der Waals surface area contributed by atoms with Crippen molar-refractivity contribution in [3.05, 3.63) is 71.4 Å². The Bertz CT molecular complexity index is 923. The van der Waals surface area contributed by atoms with Gasteiger partial charge in [-0.05, 0) is 24.6 Å². The van der Waals surface area contributed by atoms with Crippen LogP contribution >= 0.6 is 0 Å². The molecule has 0 fully saturated rings. The van der Waals surface area contributed by atoms with Crippen molar-refractivity contribution in [1.29, 1.82) is 0 Å². The second-order valence-electron chi connectivity index (χ2n) is 6.72. The number of rotatable bonds is 7. The smallest absolute Gasteiger partial charge is 0.347 e. The molecule has 0 aliphatic heterocycles. The summed E-state index contributed by atoms with van der Waals surface area (Å²) in [5.74, 6) is -0.257. The number of hydrogen-bond acceptors (Lipinski definition) is 1. The maximum atomic E-state index is 12.9. The van der Waals surface area contributed by atoms with Crippen LogP contribution in [0, 0.1) is 0 Å². The van der Waals surface area contributed by atoms with Gasteiger partial charge in [0.2, 0.25) is 0 Å². The van der Waals surface area contributed by atoms with E-state index in [1.54, 1.807) is 0 Å². The van der Waals surface area contributed by atoms with Crippen LogP contribution in [0.15, 0.2) is 54.7 Å². The Balaban J connectivity index is 1.90. The number of nitrogens with zero attached hydrogens (tertiary/aromatic N) is 1. The number of alkyl halides is 3. The van der Waals surface area contributed by atoms with Crippen molar-refractivity contribution in [2.45, 2.75) is 45.3 Å². The lowest BCUT2D eigenvalue weighted by molar-refractivity contribution is -0.137. The van der Waals surface area contributed by atoms with Crippen LogP contribution in [0.2, 0.25) is 0 Å². The number of carbonyl (C=O) groups is 1. The average Bonchev–Trinajstić information content (AvgIpc) is 3.03. The molecule has 0 amide bonds. The number of unbranched alkanes of at least 4 members (excludes halogenated alkanes) is 3. The first kappa shape index (κ1) is 19.2. The van der Waals surface area contributed by atoms with Gasteiger partial charge < -0.3 is 4.57 Å². The van der Waals surface area contributed by atoms with Gasteiger partial charge in [0.25, 0.3) is 0 Å². The number of halogens is 3. The maximum absolute atomic E-state index is 12.9. The van der Waals surface area contributed by atoms with Gasteiger partial charge in [-0.25, -0.2) is 0 Å². The minimum atomic E-state index is -4.41. The minimum absolute atomic E-state index is 0.257. The number of ketones is 1. The van der Waals surface area contributed by atoms with Crippen molar-refractivity contribution >= 4 is 16.7 Å². The first-order chi connectivity index (χ1) is 12.9. The quantitative estimate of drug-likeness (QED) is 0.343. The minimum Gasteiger partial charge on any atom is -0.347 e. The van der Waals surface area contributed by atoms with Crippen molar-refractivity contribution < 1.29 is 18.0 Å². The molecular weight excluding hydrogens is 351 g/mol. The summed E-state index contributed by atoms with van der Waals surface area (Å²) in [5, 5.41) is 0.831. The van der Waals surface area contributed by atoms with Gasteiger partial charge in [-0.2, -0.15) is 13.2 Å². The van der Waals surface area contributed by atoms with E-state index in [1.807, 2.05) is 30.5 Å². The molecule has 3 rings (SSSR count). The topological polar surface area (TPSA) is 22.0 Å².